The van der Waals surface area contributed by atoms with Gasteiger partial charge in [-0.3, -0.25) is 4.79 Å². The van der Waals surface area contributed by atoms with Gasteiger partial charge in [0.15, 0.2) is 5.13 Å². The lowest BCUT2D eigenvalue weighted by molar-refractivity contribution is -0.113. The predicted molar refractivity (Wildman–Crippen MR) is 104 cm³/mol. The standard InChI is InChI=1S/C18H16N4O2S2/c1-3-24-14-4-5-15-12(7-14)6-13(8-19)17(21-15)25-10-16(23)22-18-20-9-11(2)26-18/h4-7,9H,3,10H2,1-2H3,(H,20,22,23). The molecule has 2 heterocycles. The molecule has 1 amide bonds. The lowest BCUT2D eigenvalue weighted by Gasteiger charge is -2.08. The number of thiazole rings is 1. The number of aryl methyl sites for hydroxylation is 1. The van der Waals surface area contributed by atoms with Crippen LogP contribution in [0.2, 0.25) is 0 Å². The molecule has 1 aromatic carbocycles. The molecule has 0 saturated carbocycles. The number of rotatable bonds is 6. The molecule has 0 aliphatic rings. The van der Waals surface area contributed by atoms with Crippen molar-refractivity contribution in [2.24, 2.45) is 0 Å². The number of anilines is 1. The second-order valence-corrected chi connectivity index (χ2v) is 7.55. The highest BCUT2D eigenvalue weighted by Crippen LogP contribution is 2.27. The molecule has 0 aliphatic heterocycles. The van der Waals surface area contributed by atoms with Crippen LogP contribution >= 0.6 is 23.1 Å². The first kappa shape index (κ1) is 18.2. The molecule has 0 radical (unpaired) electrons. The van der Waals surface area contributed by atoms with Gasteiger partial charge in [0, 0.05) is 16.5 Å². The Hall–Kier alpha value is -2.63. The van der Waals surface area contributed by atoms with Crippen LogP contribution in [0.15, 0.2) is 35.5 Å². The van der Waals surface area contributed by atoms with Gasteiger partial charge in [0.25, 0.3) is 0 Å². The number of nitriles is 1. The van der Waals surface area contributed by atoms with Gasteiger partial charge in [-0.15, -0.1) is 11.3 Å². The number of amides is 1. The van der Waals surface area contributed by atoms with Crippen LogP contribution < -0.4 is 10.1 Å². The quantitative estimate of drug-likeness (QED) is 0.646. The summed E-state index contributed by atoms with van der Waals surface area (Å²) in [6, 6.07) is 9.48. The number of aromatic nitrogens is 2. The maximum Gasteiger partial charge on any atom is 0.236 e. The smallest absolute Gasteiger partial charge is 0.236 e. The molecule has 3 aromatic rings. The average molecular weight is 384 g/mol. The lowest BCUT2D eigenvalue weighted by atomic mass is 10.1. The van der Waals surface area contributed by atoms with Crippen molar-refractivity contribution in [2.45, 2.75) is 18.9 Å². The van der Waals surface area contributed by atoms with Crippen molar-refractivity contribution >= 4 is 45.0 Å². The Morgan fingerprint density at radius 2 is 2.27 bits per heavy atom. The van der Waals surface area contributed by atoms with Gasteiger partial charge in [0.05, 0.1) is 23.4 Å². The molecule has 1 N–H and O–H groups in total. The van der Waals surface area contributed by atoms with Crippen LogP contribution in [0.25, 0.3) is 10.9 Å². The number of hydrogen-bond donors (Lipinski definition) is 1. The van der Waals surface area contributed by atoms with Gasteiger partial charge in [-0.05, 0) is 38.1 Å². The number of benzene rings is 1. The first-order valence-electron chi connectivity index (χ1n) is 7.92. The SMILES string of the molecule is CCOc1ccc2nc(SCC(=O)Nc3ncc(C)s3)c(C#N)cc2c1. The van der Waals surface area contributed by atoms with E-state index in [9.17, 15) is 10.1 Å². The highest BCUT2D eigenvalue weighted by molar-refractivity contribution is 8.00. The van der Waals surface area contributed by atoms with E-state index < -0.39 is 0 Å². The minimum Gasteiger partial charge on any atom is -0.494 e. The molecule has 0 unspecified atom stereocenters. The number of pyridine rings is 1. The Morgan fingerprint density at radius 1 is 1.42 bits per heavy atom. The van der Waals surface area contributed by atoms with E-state index in [-0.39, 0.29) is 11.7 Å². The summed E-state index contributed by atoms with van der Waals surface area (Å²) < 4.78 is 5.48. The zero-order valence-corrected chi connectivity index (χ0v) is 15.9. The van der Waals surface area contributed by atoms with Crippen molar-refractivity contribution in [1.29, 1.82) is 5.26 Å². The molecule has 0 fully saturated rings. The monoisotopic (exact) mass is 384 g/mol. The molecule has 0 aliphatic carbocycles. The normalized spacial score (nSPS) is 10.5. The molecule has 0 spiro atoms. The van der Waals surface area contributed by atoms with Crippen molar-refractivity contribution < 1.29 is 9.53 Å². The largest absolute Gasteiger partial charge is 0.494 e. The fraction of sp³-hybridized carbons (Fsp3) is 0.222. The first-order valence-corrected chi connectivity index (χ1v) is 9.72. The highest BCUT2D eigenvalue weighted by Gasteiger charge is 2.12. The lowest BCUT2D eigenvalue weighted by Crippen LogP contribution is -2.14. The summed E-state index contributed by atoms with van der Waals surface area (Å²) in [7, 11) is 0. The van der Waals surface area contributed by atoms with E-state index in [2.05, 4.69) is 21.4 Å². The van der Waals surface area contributed by atoms with Crippen LogP contribution in [-0.4, -0.2) is 28.2 Å². The maximum absolute atomic E-state index is 12.1. The average Bonchev–Trinajstić information content (AvgIpc) is 3.04. The summed E-state index contributed by atoms with van der Waals surface area (Å²) in [4.78, 5) is 21.7. The summed E-state index contributed by atoms with van der Waals surface area (Å²) >= 11 is 2.66. The highest BCUT2D eigenvalue weighted by atomic mass is 32.2. The number of fused-ring (bicyclic) bond motifs is 1. The number of carbonyl (C=O) groups excluding carboxylic acids is 1. The third-order valence-corrected chi connectivity index (χ3v) is 5.21. The molecule has 0 saturated heterocycles. The van der Waals surface area contributed by atoms with E-state index >= 15 is 0 Å². The second-order valence-electron chi connectivity index (χ2n) is 5.35. The van der Waals surface area contributed by atoms with Gasteiger partial charge in [-0.2, -0.15) is 5.26 Å². The molecule has 6 nitrogen and oxygen atoms in total. The maximum atomic E-state index is 12.1. The third kappa shape index (κ3) is 4.31. The van der Waals surface area contributed by atoms with Crippen molar-refractivity contribution in [3.63, 3.8) is 0 Å². The second kappa shape index (κ2) is 8.17. The molecular weight excluding hydrogens is 368 g/mol. The van der Waals surface area contributed by atoms with Gasteiger partial charge in [0.1, 0.15) is 16.8 Å². The molecule has 26 heavy (non-hydrogen) atoms. The molecule has 8 heteroatoms. The topological polar surface area (TPSA) is 87.9 Å². The number of nitrogens with zero attached hydrogens (tertiary/aromatic N) is 3. The molecule has 0 bridgehead atoms. The molecule has 2 aromatic heterocycles. The van der Waals surface area contributed by atoms with Crippen LogP contribution in [0.5, 0.6) is 5.75 Å². The zero-order valence-electron chi connectivity index (χ0n) is 14.3. The summed E-state index contributed by atoms with van der Waals surface area (Å²) in [6.07, 6.45) is 1.71. The summed E-state index contributed by atoms with van der Waals surface area (Å²) in [5.74, 6) is 0.717. The van der Waals surface area contributed by atoms with Gasteiger partial charge in [-0.1, -0.05) is 11.8 Å². The van der Waals surface area contributed by atoms with Crippen molar-refractivity contribution in [1.82, 2.24) is 9.97 Å². The predicted octanol–water partition coefficient (Wildman–Crippen LogP) is 4.00. The number of hydrogen-bond acceptors (Lipinski definition) is 7. The van der Waals surface area contributed by atoms with E-state index in [0.29, 0.717) is 22.3 Å². The van der Waals surface area contributed by atoms with E-state index in [1.54, 1.807) is 12.3 Å². The summed E-state index contributed by atoms with van der Waals surface area (Å²) in [6.45, 7) is 4.42. The number of thioether (sulfide) groups is 1. The van der Waals surface area contributed by atoms with Crippen LogP contribution in [-0.2, 0) is 4.79 Å². The minimum atomic E-state index is -0.179. The molecule has 0 atom stereocenters. The van der Waals surface area contributed by atoms with E-state index in [1.165, 1.54) is 23.1 Å². The van der Waals surface area contributed by atoms with Crippen molar-refractivity contribution in [2.75, 3.05) is 17.7 Å². The van der Waals surface area contributed by atoms with Crippen molar-refractivity contribution in [3.05, 3.63) is 40.9 Å². The van der Waals surface area contributed by atoms with Gasteiger partial charge in [-0.25, -0.2) is 9.97 Å². The Balaban J connectivity index is 1.75. The van der Waals surface area contributed by atoms with E-state index in [1.807, 2.05) is 32.0 Å². The number of nitrogens with one attached hydrogen (secondary N) is 1. The molecular formula is C18H16N4O2S2. The fourth-order valence-corrected chi connectivity index (χ4v) is 3.73. The summed E-state index contributed by atoms with van der Waals surface area (Å²) in [5, 5.41) is 14.1. The van der Waals surface area contributed by atoms with Crippen LogP contribution in [0, 0.1) is 18.3 Å². The van der Waals surface area contributed by atoms with Gasteiger partial charge in [0.2, 0.25) is 5.91 Å². The number of carbonyl (C=O) groups is 1. The van der Waals surface area contributed by atoms with Gasteiger partial charge >= 0.3 is 0 Å². The summed E-state index contributed by atoms with van der Waals surface area (Å²) in [5.41, 5.74) is 1.19. The van der Waals surface area contributed by atoms with Gasteiger partial charge < -0.3 is 10.1 Å². The van der Waals surface area contributed by atoms with Crippen molar-refractivity contribution in [3.8, 4) is 11.8 Å². The van der Waals surface area contributed by atoms with Crippen LogP contribution in [0.4, 0.5) is 5.13 Å². The number of ether oxygens (including phenoxy) is 1. The Morgan fingerprint density at radius 3 is 2.96 bits per heavy atom. The van der Waals surface area contributed by atoms with Crippen LogP contribution in [0.3, 0.4) is 0 Å². The third-order valence-electron chi connectivity index (χ3n) is 3.39. The van der Waals surface area contributed by atoms with E-state index in [4.69, 9.17) is 4.74 Å². The Bertz CT molecular complexity index is 995. The molecule has 3 rings (SSSR count). The molecule has 132 valence electrons. The Labute approximate surface area is 159 Å². The van der Waals surface area contributed by atoms with E-state index in [0.717, 1.165) is 21.5 Å². The minimum absolute atomic E-state index is 0.156. The first-order chi connectivity index (χ1) is 12.6. The fourth-order valence-electron chi connectivity index (χ4n) is 2.29. The zero-order chi connectivity index (χ0) is 18.5. The Kier molecular flexibility index (Phi) is 5.71. The van der Waals surface area contributed by atoms with Crippen LogP contribution in [0.1, 0.15) is 17.4 Å².